The molecule has 3 rings (SSSR count). The number of halogens is 1. The number of pyridine rings is 1. The molecular formula is C14H13ClN4OS. The standard InChI is InChI=1S/C14H13ClN4OS/c1-2-16-12-4-3-9(15)11(18-12)7-19-8-17-10-5-6-21-13(10)14(19)20/h3-6,8H,2,7H2,1H3,(H,16,18). The predicted molar refractivity (Wildman–Crippen MR) is 86.4 cm³/mol. The molecular weight excluding hydrogens is 308 g/mol. The predicted octanol–water partition coefficient (Wildman–Crippen LogP) is 2.99. The van der Waals surface area contributed by atoms with Gasteiger partial charge in [0.1, 0.15) is 10.5 Å². The van der Waals surface area contributed by atoms with Crippen LogP contribution in [0.3, 0.4) is 0 Å². The monoisotopic (exact) mass is 320 g/mol. The number of anilines is 1. The van der Waals surface area contributed by atoms with E-state index >= 15 is 0 Å². The van der Waals surface area contributed by atoms with Gasteiger partial charge in [-0.2, -0.15) is 0 Å². The van der Waals surface area contributed by atoms with Crippen LogP contribution in [0.4, 0.5) is 5.82 Å². The zero-order valence-electron chi connectivity index (χ0n) is 11.3. The Balaban J connectivity index is 2.00. The summed E-state index contributed by atoms with van der Waals surface area (Å²) in [7, 11) is 0. The maximum atomic E-state index is 12.4. The zero-order valence-corrected chi connectivity index (χ0v) is 12.9. The molecule has 0 aliphatic heterocycles. The largest absolute Gasteiger partial charge is 0.370 e. The lowest BCUT2D eigenvalue weighted by atomic mass is 10.3. The topological polar surface area (TPSA) is 59.8 Å². The summed E-state index contributed by atoms with van der Waals surface area (Å²) in [5.74, 6) is 0.745. The number of hydrogen-bond donors (Lipinski definition) is 1. The Morgan fingerprint density at radius 1 is 1.38 bits per heavy atom. The molecule has 0 radical (unpaired) electrons. The molecule has 5 nitrogen and oxygen atoms in total. The van der Waals surface area contributed by atoms with Crippen LogP contribution in [-0.4, -0.2) is 21.1 Å². The van der Waals surface area contributed by atoms with Gasteiger partial charge >= 0.3 is 0 Å². The van der Waals surface area contributed by atoms with Crippen LogP contribution in [0.5, 0.6) is 0 Å². The maximum Gasteiger partial charge on any atom is 0.271 e. The third kappa shape index (κ3) is 2.77. The van der Waals surface area contributed by atoms with Gasteiger partial charge in [-0.15, -0.1) is 11.3 Å². The van der Waals surface area contributed by atoms with E-state index in [1.165, 1.54) is 22.2 Å². The van der Waals surface area contributed by atoms with Crippen molar-refractivity contribution in [2.75, 3.05) is 11.9 Å². The Bertz CT molecular complexity index is 842. The number of rotatable bonds is 4. The van der Waals surface area contributed by atoms with Gasteiger partial charge in [0.05, 0.1) is 29.1 Å². The molecule has 0 aliphatic rings. The first-order chi connectivity index (χ1) is 10.2. The van der Waals surface area contributed by atoms with Crippen LogP contribution in [0.1, 0.15) is 12.6 Å². The highest BCUT2D eigenvalue weighted by Gasteiger charge is 2.09. The lowest BCUT2D eigenvalue weighted by Crippen LogP contribution is -2.21. The van der Waals surface area contributed by atoms with E-state index in [1.54, 1.807) is 6.07 Å². The highest BCUT2D eigenvalue weighted by molar-refractivity contribution is 7.17. The average molecular weight is 321 g/mol. The van der Waals surface area contributed by atoms with Crippen molar-refractivity contribution >= 4 is 39.0 Å². The maximum absolute atomic E-state index is 12.4. The van der Waals surface area contributed by atoms with Gasteiger partial charge in [-0.05, 0) is 30.5 Å². The van der Waals surface area contributed by atoms with Crippen LogP contribution in [0.25, 0.3) is 10.2 Å². The molecule has 0 aromatic carbocycles. The lowest BCUT2D eigenvalue weighted by molar-refractivity contribution is 0.731. The second kappa shape index (κ2) is 5.83. The van der Waals surface area contributed by atoms with Gasteiger partial charge < -0.3 is 5.32 Å². The first kappa shape index (κ1) is 14.0. The van der Waals surface area contributed by atoms with Crippen LogP contribution in [-0.2, 0) is 6.54 Å². The van der Waals surface area contributed by atoms with E-state index in [1.807, 2.05) is 24.4 Å². The van der Waals surface area contributed by atoms with Crippen molar-refractivity contribution in [3.63, 3.8) is 0 Å². The number of hydrogen-bond acceptors (Lipinski definition) is 5. The third-order valence-electron chi connectivity index (χ3n) is 3.03. The number of fused-ring (bicyclic) bond motifs is 1. The highest BCUT2D eigenvalue weighted by Crippen LogP contribution is 2.18. The zero-order chi connectivity index (χ0) is 14.8. The highest BCUT2D eigenvalue weighted by atomic mass is 35.5. The van der Waals surface area contributed by atoms with Crippen molar-refractivity contribution in [2.24, 2.45) is 0 Å². The second-order valence-corrected chi connectivity index (χ2v) is 5.79. The molecule has 0 saturated heterocycles. The van der Waals surface area contributed by atoms with Crippen molar-refractivity contribution in [1.82, 2.24) is 14.5 Å². The van der Waals surface area contributed by atoms with Crippen molar-refractivity contribution in [3.05, 3.63) is 51.0 Å². The summed E-state index contributed by atoms with van der Waals surface area (Å²) in [5.41, 5.74) is 1.30. The van der Waals surface area contributed by atoms with Crippen molar-refractivity contribution in [1.29, 1.82) is 0 Å². The Morgan fingerprint density at radius 2 is 2.24 bits per heavy atom. The summed E-state index contributed by atoms with van der Waals surface area (Å²) in [6.07, 6.45) is 1.54. The van der Waals surface area contributed by atoms with E-state index in [4.69, 9.17) is 11.6 Å². The van der Waals surface area contributed by atoms with Gasteiger partial charge in [0.15, 0.2) is 0 Å². The van der Waals surface area contributed by atoms with Gasteiger partial charge in [0, 0.05) is 6.54 Å². The molecule has 3 aromatic heterocycles. The SMILES string of the molecule is CCNc1ccc(Cl)c(Cn2cnc3ccsc3c2=O)n1. The molecule has 0 saturated carbocycles. The van der Waals surface area contributed by atoms with E-state index in [2.05, 4.69) is 15.3 Å². The molecule has 0 fully saturated rings. The summed E-state index contributed by atoms with van der Waals surface area (Å²) in [6, 6.07) is 5.44. The number of nitrogens with one attached hydrogen (secondary N) is 1. The molecule has 0 atom stereocenters. The number of thiophene rings is 1. The minimum absolute atomic E-state index is 0.0679. The molecule has 1 N–H and O–H groups in total. The van der Waals surface area contributed by atoms with E-state index in [0.717, 1.165) is 17.9 Å². The fourth-order valence-corrected chi connectivity index (χ4v) is 2.99. The Morgan fingerprint density at radius 3 is 3.05 bits per heavy atom. The average Bonchev–Trinajstić information content (AvgIpc) is 2.95. The molecule has 21 heavy (non-hydrogen) atoms. The van der Waals surface area contributed by atoms with Crippen molar-refractivity contribution < 1.29 is 0 Å². The summed E-state index contributed by atoms with van der Waals surface area (Å²) in [5, 5.41) is 5.53. The second-order valence-electron chi connectivity index (χ2n) is 4.47. The van der Waals surface area contributed by atoms with E-state index < -0.39 is 0 Å². The fraction of sp³-hybridized carbons (Fsp3) is 0.214. The smallest absolute Gasteiger partial charge is 0.271 e. The van der Waals surface area contributed by atoms with Gasteiger partial charge in [-0.1, -0.05) is 11.6 Å². The number of aromatic nitrogens is 3. The lowest BCUT2D eigenvalue weighted by Gasteiger charge is -2.09. The van der Waals surface area contributed by atoms with Crippen LogP contribution in [0.2, 0.25) is 5.02 Å². The first-order valence-corrected chi connectivity index (χ1v) is 7.76. The normalized spacial score (nSPS) is 11.0. The summed E-state index contributed by atoms with van der Waals surface area (Å²) >= 11 is 7.56. The Hall–Kier alpha value is -1.92. The summed E-state index contributed by atoms with van der Waals surface area (Å²) in [4.78, 5) is 21.1. The van der Waals surface area contributed by atoms with Gasteiger partial charge in [0.2, 0.25) is 0 Å². The van der Waals surface area contributed by atoms with Gasteiger partial charge in [0.25, 0.3) is 5.56 Å². The van der Waals surface area contributed by atoms with Crippen LogP contribution >= 0.6 is 22.9 Å². The molecule has 3 heterocycles. The summed E-state index contributed by atoms with van der Waals surface area (Å²) in [6.45, 7) is 3.07. The first-order valence-electron chi connectivity index (χ1n) is 6.51. The van der Waals surface area contributed by atoms with Crippen LogP contribution < -0.4 is 10.9 Å². The summed E-state index contributed by atoms with van der Waals surface area (Å²) < 4.78 is 2.18. The van der Waals surface area contributed by atoms with Crippen molar-refractivity contribution in [2.45, 2.75) is 13.5 Å². The minimum Gasteiger partial charge on any atom is -0.370 e. The Labute approximate surface area is 130 Å². The Kier molecular flexibility index (Phi) is 3.90. The van der Waals surface area contributed by atoms with Crippen molar-refractivity contribution in [3.8, 4) is 0 Å². The van der Waals surface area contributed by atoms with Gasteiger partial charge in [-0.25, -0.2) is 9.97 Å². The molecule has 0 amide bonds. The van der Waals surface area contributed by atoms with E-state index in [0.29, 0.717) is 22.0 Å². The molecule has 0 aliphatic carbocycles. The minimum atomic E-state index is -0.0679. The third-order valence-corrected chi connectivity index (χ3v) is 4.27. The molecule has 108 valence electrons. The number of nitrogens with zero attached hydrogens (tertiary/aromatic N) is 3. The van der Waals surface area contributed by atoms with E-state index in [9.17, 15) is 4.79 Å². The molecule has 3 aromatic rings. The molecule has 0 bridgehead atoms. The van der Waals surface area contributed by atoms with Crippen LogP contribution in [0.15, 0.2) is 34.7 Å². The van der Waals surface area contributed by atoms with Crippen LogP contribution in [0, 0.1) is 0 Å². The molecule has 0 spiro atoms. The van der Waals surface area contributed by atoms with E-state index in [-0.39, 0.29) is 5.56 Å². The fourth-order valence-electron chi connectivity index (χ4n) is 2.03. The molecule has 7 heteroatoms. The quantitative estimate of drug-likeness (QED) is 0.803. The van der Waals surface area contributed by atoms with Gasteiger partial charge in [-0.3, -0.25) is 9.36 Å². The molecule has 0 unspecified atom stereocenters.